The van der Waals surface area contributed by atoms with Crippen LogP contribution in [0.15, 0.2) is 0 Å². The third-order valence-corrected chi connectivity index (χ3v) is 4.72. The van der Waals surface area contributed by atoms with Gasteiger partial charge in [0.2, 0.25) is 0 Å². The van der Waals surface area contributed by atoms with E-state index >= 15 is 0 Å². The molecule has 12 heavy (non-hydrogen) atoms. The summed E-state index contributed by atoms with van der Waals surface area (Å²) in [6.07, 6.45) is 5.02. The lowest BCUT2D eigenvalue weighted by atomic mass is 9.91. The van der Waals surface area contributed by atoms with Crippen LogP contribution in [0.3, 0.4) is 0 Å². The fourth-order valence-corrected chi connectivity index (χ4v) is 3.90. The van der Waals surface area contributed by atoms with E-state index < -0.39 is 0 Å². The molecule has 0 aromatic rings. The van der Waals surface area contributed by atoms with Gasteiger partial charge in [-0.05, 0) is 38.0 Å². The van der Waals surface area contributed by atoms with Gasteiger partial charge in [0.25, 0.3) is 0 Å². The lowest BCUT2D eigenvalue weighted by Crippen LogP contribution is -2.51. The average molecular weight is 187 g/mol. The molecule has 2 unspecified atom stereocenters. The fourth-order valence-electron chi connectivity index (χ4n) is 2.35. The lowest BCUT2D eigenvalue weighted by Gasteiger charge is -2.33. The summed E-state index contributed by atoms with van der Waals surface area (Å²) in [5.41, 5.74) is 0.0845. The maximum Gasteiger partial charge on any atom is 0.0624 e. The van der Waals surface area contributed by atoms with Gasteiger partial charge >= 0.3 is 0 Å². The van der Waals surface area contributed by atoms with Crippen LogP contribution >= 0.6 is 11.8 Å². The molecule has 2 aliphatic rings. The summed E-state index contributed by atoms with van der Waals surface area (Å²) in [5, 5.41) is 13.6. The van der Waals surface area contributed by atoms with Crippen molar-refractivity contribution in [2.24, 2.45) is 0 Å². The third-order valence-electron chi connectivity index (χ3n) is 3.10. The van der Waals surface area contributed by atoms with Crippen LogP contribution in [0.4, 0.5) is 0 Å². The molecule has 2 N–H and O–H groups in total. The molecule has 0 saturated carbocycles. The first kappa shape index (κ1) is 8.85. The maximum absolute atomic E-state index is 9.40. The van der Waals surface area contributed by atoms with Crippen molar-refractivity contribution in [1.82, 2.24) is 5.32 Å². The zero-order valence-corrected chi connectivity index (χ0v) is 8.20. The number of hydrogen-bond donors (Lipinski definition) is 2. The van der Waals surface area contributed by atoms with Crippen molar-refractivity contribution in [3.8, 4) is 0 Å². The number of nitrogens with one attached hydrogen (secondary N) is 1. The van der Waals surface area contributed by atoms with Crippen molar-refractivity contribution < 1.29 is 5.11 Å². The summed E-state index contributed by atoms with van der Waals surface area (Å²) < 4.78 is 0. The Morgan fingerprint density at radius 3 is 2.92 bits per heavy atom. The molecule has 0 aromatic heterocycles. The van der Waals surface area contributed by atoms with Gasteiger partial charge in [0.1, 0.15) is 0 Å². The van der Waals surface area contributed by atoms with E-state index in [1.165, 1.54) is 31.4 Å². The molecular weight excluding hydrogens is 170 g/mol. The minimum atomic E-state index is 0.0845. The van der Waals surface area contributed by atoms with E-state index in [-0.39, 0.29) is 5.54 Å². The molecule has 2 heterocycles. The molecular formula is C9H17NOS. The van der Waals surface area contributed by atoms with E-state index in [9.17, 15) is 5.11 Å². The monoisotopic (exact) mass is 187 g/mol. The van der Waals surface area contributed by atoms with E-state index in [1.807, 2.05) is 11.8 Å². The van der Waals surface area contributed by atoms with Crippen LogP contribution in [0.2, 0.25) is 0 Å². The first-order valence-corrected chi connectivity index (χ1v) is 5.90. The second kappa shape index (κ2) is 3.56. The zero-order chi connectivity index (χ0) is 8.44. The molecule has 0 aromatic carbocycles. The molecule has 2 nitrogen and oxygen atoms in total. The fraction of sp³-hybridized carbons (Fsp3) is 1.00. The van der Waals surface area contributed by atoms with Crippen molar-refractivity contribution in [2.45, 2.75) is 36.5 Å². The van der Waals surface area contributed by atoms with Crippen LogP contribution < -0.4 is 5.32 Å². The number of aliphatic hydroxyl groups excluding tert-OH is 1. The van der Waals surface area contributed by atoms with Gasteiger partial charge in [0, 0.05) is 5.25 Å². The van der Waals surface area contributed by atoms with Crippen LogP contribution in [-0.4, -0.2) is 34.8 Å². The standard InChI is InChI=1S/C9H17NOS/c11-7-9(4-2-5-10-9)8-3-1-6-12-8/h8,10-11H,1-7H2. The molecule has 2 atom stereocenters. The van der Waals surface area contributed by atoms with Crippen molar-refractivity contribution in [3.63, 3.8) is 0 Å². The van der Waals surface area contributed by atoms with Crippen LogP contribution in [0.25, 0.3) is 0 Å². The molecule has 2 saturated heterocycles. The Kier molecular flexibility index (Phi) is 2.63. The van der Waals surface area contributed by atoms with Gasteiger partial charge in [0.15, 0.2) is 0 Å². The Bertz CT molecular complexity index is 151. The van der Waals surface area contributed by atoms with Crippen LogP contribution in [0, 0.1) is 0 Å². The highest BCUT2D eigenvalue weighted by Crippen LogP contribution is 2.38. The molecule has 0 spiro atoms. The number of hydrogen-bond acceptors (Lipinski definition) is 3. The number of thioether (sulfide) groups is 1. The smallest absolute Gasteiger partial charge is 0.0624 e. The normalized spacial score (nSPS) is 42.2. The third kappa shape index (κ3) is 1.38. The predicted octanol–water partition coefficient (Wildman–Crippen LogP) is 0.996. The maximum atomic E-state index is 9.40. The molecule has 2 rings (SSSR count). The van der Waals surface area contributed by atoms with Crippen LogP contribution in [-0.2, 0) is 0 Å². The molecule has 3 heteroatoms. The van der Waals surface area contributed by atoms with Gasteiger partial charge in [-0.3, -0.25) is 0 Å². The largest absolute Gasteiger partial charge is 0.394 e. The minimum absolute atomic E-state index is 0.0845. The Balaban J connectivity index is 2.04. The van der Waals surface area contributed by atoms with E-state index in [4.69, 9.17) is 0 Å². The molecule has 2 aliphatic heterocycles. The van der Waals surface area contributed by atoms with Crippen LogP contribution in [0.1, 0.15) is 25.7 Å². The van der Waals surface area contributed by atoms with Gasteiger partial charge < -0.3 is 10.4 Å². The second-order valence-electron chi connectivity index (χ2n) is 3.85. The second-order valence-corrected chi connectivity index (χ2v) is 5.16. The number of rotatable bonds is 2. The zero-order valence-electron chi connectivity index (χ0n) is 7.38. The van der Waals surface area contributed by atoms with E-state index in [1.54, 1.807) is 0 Å². The molecule has 0 radical (unpaired) electrons. The van der Waals surface area contributed by atoms with Crippen molar-refractivity contribution >= 4 is 11.8 Å². The highest BCUT2D eigenvalue weighted by molar-refractivity contribution is 8.00. The quantitative estimate of drug-likeness (QED) is 0.676. The molecule has 0 amide bonds. The minimum Gasteiger partial charge on any atom is -0.394 e. The summed E-state index contributed by atoms with van der Waals surface area (Å²) in [5.74, 6) is 1.29. The van der Waals surface area contributed by atoms with Gasteiger partial charge in [-0.1, -0.05) is 0 Å². The molecule has 0 aliphatic carbocycles. The van der Waals surface area contributed by atoms with E-state index in [0.717, 1.165) is 6.54 Å². The Morgan fingerprint density at radius 2 is 2.42 bits per heavy atom. The van der Waals surface area contributed by atoms with Crippen molar-refractivity contribution in [1.29, 1.82) is 0 Å². The summed E-state index contributed by atoms with van der Waals surface area (Å²) >= 11 is 2.04. The molecule has 2 fully saturated rings. The summed E-state index contributed by atoms with van der Waals surface area (Å²) in [4.78, 5) is 0. The highest BCUT2D eigenvalue weighted by Gasteiger charge is 2.42. The summed E-state index contributed by atoms with van der Waals surface area (Å²) in [7, 11) is 0. The lowest BCUT2D eigenvalue weighted by molar-refractivity contribution is 0.173. The first-order valence-electron chi connectivity index (χ1n) is 4.85. The Labute approximate surface area is 78.1 Å². The summed E-state index contributed by atoms with van der Waals surface area (Å²) in [6.45, 7) is 1.42. The Hall–Kier alpha value is 0.270. The van der Waals surface area contributed by atoms with Gasteiger partial charge in [-0.2, -0.15) is 11.8 Å². The van der Waals surface area contributed by atoms with Crippen molar-refractivity contribution in [3.05, 3.63) is 0 Å². The van der Waals surface area contributed by atoms with E-state index in [2.05, 4.69) is 5.32 Å². The SMILES string of the molecule is OCC1(C2CCCS2)CCCN1. The van der Waals surface area contributed by atoms with Gasteiger partial charge in [-0.25, -0.2) is 0 Å². The first-order chi connectivity index (χ1) is 5.87. The average Bonchev–Trinajstić information content (AvgIpc) is 2.76. The van der Waals surface area contributed by atoms with Gasteiger partial charge in [-0.15, -0.1) is 0 Å². The topological polar surface area (TPSA) is 32.3 Å². The summed E-state index contributed by atoms with van der Waals surface area (Å²) in [6, 6.07) is 0. The van der Waals surface area contributed by atoms with Crippen molar-refractivity contribution in [2.75, 3.05) is 18.9 Å². The van der Waals surface area contributed by atoms with E-state index in [0.29, 0.717) is 11.9 Å². The van der Waals surface area contributed by atoms with Crippen LogP contribution in [0.5, 0.6) is 0 Å². The molecule has 70 valence electrons. The predicted molar refractivity (Wildman–Crippen MR) is 52.5 cm³/mol. The number of aliphatic hydroxyl groups is 1. The van der Waals surface area contributed by atoms with Gasteiger partial charge in [0.05, 0.1) is 12.1 Å². The molecule has 0 bridgehead atoms. The highest BCUT2D eigenvalue weighted by atomic mass is 32.2. The Morgan fingerprint density at radius 1 is 1.50 bits per heavy atom.